The summed E-state index contributed by atoms with van der Waals surface area (Å²) in [6.07, 6.45) is 0.177. The van der Waals surface area contributed by atoms with Crippen molar-refractivity contribution >= 4 is 5.91 Å². The minimum Gasteiger partial charge on any atom is -0.491 e. The first-order chi connectivity index (χ1) is 8.11. The van der Waals surface area contributed by atoms with Crippen molar-refractivity contribution in [3.05, 3.63) is 29.8 Å². The van der Waals surface area contributed by atoms with Gasteiger partial charge in [0.25, 0.3) is 0 Å². The molecule has 0 bridgehead atoms. The van der Waals surface area contributed by atoms with Gasteiger partial charge in [-0.2, -0.15) is 0 Å². The highest BCUT2D eigenvalue weighted by molar-refractivity contribution is 5.77. The molecule has 0 saturated heterocycles. The number of carbonyl (C=O) groups is 1. The lowest BCUT2D eigenvalue weighted by Crippen LogP contribution is -2.31. The highest BCUT2D eigenvalue weighted by Crippen LogP contribution is 2.13. The number of hydrogen-bond acceptors (Lipinski definition) is 3. The van der Waals surface area contributed by atoms with E-state index in [4.69, 9.17) is 4.74 Å². The molecule has 0 aromatic heterocycles. The number of benzene rings is 1. The normalized spacial score (nSPS) is 10.4. The second-order valence-corrected chi connectivity index (χ2v) is 4.12. The number of carbonyl (C=O) groups excluding carboxylic acids is 1. The summed E-state index contributed by atoms with van der Waals surface area (Å²) < 4.78 is 5.54. The molecule has 0 aliphatic rings. The molecule has 0 saturated carbocycles. The Morgan fingerprint density at radius 1 is 1.29 bits per heavy atom. The van der Waals surface area contributed by atoms with Crippen molar-refractivity contribution in [3.63, 3.8) is 0 Å². The van der Waals surface area contributed by atoms with Gasteiger partial charge in [0.15, 0.2) is 0 Å². The Balaban J connectivity index is 2.42. The molecule has 1 rings (SSSR count). The topological polar surface area (TPSA) is 50.4 Å². The minimum absolute atomic E-state index is 0.00462. The van der Waals surface area contributed by atoms with Crippen LogP contribution in [0.25, 0.3) is 0 Å². The number of likely N-dealkylation sites (N-methyl/N-ethyl adjacent to an activating group) is 1. The van der Waals surface area contributed by atoms with Gasteiger partial charge in [0.2, 0.25) is 5.91 Å². The quantitative estimate of drug-likeness (QED) is 0.783. The van der Waals surface area contributed by atoms with Crippen molar-refractivity contribution in [2.75, 3.05) is 13.6 Å². The highest BCUT2D eigenvalue weighted by Gasteiger charge is 2.00. The third-order valence-electron chi connectivity index (χ3n) is 2.12. The molecule has 2 N–H and O–H groups in total. The van der Waals surface area contributed by atoms with Gasteiger partial charge in [0.1, 0.15) is 5.75 Å². The first-order valence-corrected chi connectivity index (χ1v) is 5.78. The molecule has 0 spiro atoms. The molecular formula is C13H20N2O2. The molecule has 1 aromatic rings. The Hall–Kier alpha value is -1.55. The van der Waals surface area contributed by atoms with Crippen LogP contribution in [0.1, 0.15) is 19.4 Å². The largest absolute Gasteiger partial charge is 0.491 e. The molecule has 17 heavy (non-hydrogen) atoms. The summed E-state index contributed by atoms with van der Waals surface area (Å²) in [5.41, 5.74) is 1.06. The van der Waals surface area contributed by atoms with Crippen molar-refractivity contribution in [2.24, 2.45) is 0 Å². The van der Waals surface area contributed by atoms with E-state index < -0.39 is 0 Å². The van der Waals surface area contributed by atoms with Crippen molar-refractivity contribution in [2.45, 2.75) is 26.5 Å². The molecule has 4 heteroatoms. The summed E-state index contributed by atoms with van der Waals surface area (Å²) in [5.74, 6) is 0.848. The van der Waals surface area contributed by atoms with Crippen LogP contribution in [-0.2, 0) is 11.3 Å². The zero-order valence-electron chi connectivity index (χ0n) is 10.6. The van der Waals surface area contributed by atoms with Crippen LogP contribution in [0.5, 0.6) is 5.75 Å². The van der Waals surface area contributed by atoms with Crippen LogP contribution in [0, 0.1) is 0 Å². The fourth-order valence-electron chi connectivity index (χ4n) is 1.38. The van der Waals surface area contributed by atoms with Gasteiger partial charge >= 0.3 is 0 Å². The first kappa shape index (κ1) is 13.5. The zero-order chi connectivity index (χ0) is 12.7. The van der Waals surface area contributed by atoms with E-state index in [2.05, 4.69) is 10.6 Å². The number of rotatable bonds is 6. The smallest absolute Gasteiger partial charge is 0.234 e. The van der Waals surface area contributed by atoms with Gasteiger partial charge in [0, 0.05) is 6.54 Å². The third-order valence-corrected chi connectivity index (χ3v) is 2.12. The summed E-state index contributed by atoms with van der Waals surface area (Å²) in [6.45, 7) is 4.87. The SMILES string of the molecule is CNCC(=O)NCc1ccc(OC(C)C)cc1. The van der Waals surface area contributed by atoms with E-state index in [0.29, 0.717) is 13.1 Å². The molecule has 1 amide bonds. The molecule has 4 nitrogen and oxygen atoms in total. The molecule has 0 unspecified atom stereocenters. The molecule has 0 atom stereocenters. The summed E-state index contributed by atoms with van der Waals surface area (Å²) in [5, 5.41) is 5.62. The van der Waals surface area contributed by atoms with Gasteiger partial charge in [-0.25, -0.2) is 0 Å². The van der Waals surface area contributed by atoms with Gasteiger partial charge in [-0.15, -0.1) is 0 Å². The lowest BCUT2D eigenvalue weighted by atomic mass is 10.2. The molecule has 94 valence electrons. The summed E-state index contributed by atoms with van der Waals surface area (Å²) >= 11 is 0. The molecule has 0 aliphatic carbocycles. The molecule has 0 fully saturated rings. The van der Waals surface area contributed by atoms with Crippen LogP contribution in [0.4, 0.5) is 0 Å². The van der Waals surface area contributed by atoms with Gasteiger partial charge in [0.05, 0.1) is 12.6 Å². The van der Waals surface area contributed by atoms with Gasteiger partial charge in [-0.05, 0) is 38.6 Å². The summed E-state index contributed by atoms with van der Waals surface area (Å²) in [7, 11) is 1.75. The standard InChI is InChI=1S/C13H20N2O2/c1-10(2)17-12-6-4-11(5-7-12)8-15-13(16)9-14-3/h4-7,10,14H,8-9H2,1-3H3,(H,15,16). The zero-order valence-corrected chi connectivity index (χ0v) is 10.6. The summed E-state index contributed by atoms with van der Waals surface area (Å²) in [4.78, 5) is 11.2. The van der Waals surface area contributed by atoms with Crippen LogP contribution in [0.3, 0.4) is 0 Å². The maximum Gasteiger partial charge on any atom is 0.234 e. The lowest BCUT2D eigenvalue weighted by Gasteiger charge is -2.10. The predicted molar refractivity (Wildman–Crippen MR) is 68.0 cm³/mol. The Morgan fingerprint density at radius 3 is 2.47 bits per heavy atom. The van der Waals surface area contributed by atoms with Crippen LogP contribution in [0.15, 0.2) is 24.3 Å². The van der Waals surface area contributed by atoms with Gasteiger partial charge < -0.3 is 15.4 Å². The maximum absolute atomic E-state index is 11.2. The molecular weight excluding hydrogens is 216 g/mol. The second-order valence-electron chi connectivity index (χ2n) is 4.12. The predicted octanol–water partition coefficient (Wildman–Crippen LogP) is 1.31. The Labute approximate surface area is 102 Å². The fraction of sp³-hybridized carbons (Fsp3) is 0.462. The van der Waals surface area contributed by atoms with Crippen LogP contribution >= 0.6 is 0 Å². The molecule has 0 radical (unpaired) electrons. The minimum atomic E-state index is -0.00462. The Morgan fingerprint density at radius 2 is 1.94 bits per heavy atom. The Bertz CT molecular complexity index is 347. The van der Waals surface area contributed by atoms with E-state index in [-0.39, 0.29) is 12.0 Å². The van der Waals surface area contributed by atoms with Crippen LogP contribution in [-0.4, -0.2) is 25.6 Å². The molecule has 0 aliphatic heterocycles. The molecule has 0 heterocycles. The molecule has 1 aromatic carbocycles. The van der Waals surface area contributed by atoms with E-state index in [0.717, 1.165) is 11.3 Å². The monoisotopic (exact) mass is 236 g/mol. The van der Waals surface area contributed by atoms with E-state index in [1.807, 2.05) is 38.1 Å². The fourth-order valence-corrected chi connectivity index (χ4v) is 1.38. The van der Waals surface area contributed by atoms with Crippen LogP contribution < -0.4 is 15.4 Å². The van der Waals surface area contributed by atoms with Crippen LogP contribution in [0.2, 0.25) is 0 Å². The van der Waals surface area contributed by atoms with Crippen molar-refractivity contribution in [3.8, 4) is 5.75 Å². The Kier molecular flexibility index (Phi) is 5.49. The number of hydrogen-bond donors (Lipinski definition) is 2. The van der Waals surface area contributed by atoms with Gasteiger partial charge in [-0.1, -0.05) is 12.1 Å². The van der Waals surface area contributed by atoms with Crippen molar-refractivity contribution < 1.29 is 9.53 Å². The lowest BCUT2D eigenvalue weighted by molar-refractivity contribution is -0.120. The number of ether oxygens (including phenoxy) is 1. The van der Waals surface area contributed by atoms with Gasteiger partial charge in [-0.3, -0.25) is 4.79 Å². The average Bonchev–Trinajstić information content (AvgIpc) is 2.28. The van der Waals surface area contributed by atoms with Crippen molar-refractivity contribution in [1.82, 2.24) is 10.6 Å². The number of nitrogens with one attached hydrogen (secondary N) is 2. The third kappa shape index (κ3) is 5.36. The second kappa shape index (κ2) is 6.91. The highest BCUT2D eigenvalue weighted by atomic mass is 16.5. The van der Waals surface area contributed by atoms with Crippen molar-refractivity contribution in [1.29, 1.82) is 0 Å². The van der Waals surface area contributed by atoms with E-state index in [1.165, 1.54) is 0 Å². The van der Waals surface area contributed by atoms with E-state index in [9.17, 15) is 4.79 Å². The van der Waals surface area contributed by atoms with E-state index in [1.54, 1.807) is 7.05 Å². The average molecular weight is 236 g/mol. The van der Waals surface area contributed by atoms with E-state index >= 15 is 0 Å². The maximum atomic E-state index is 11.2. The summed E-state index contributed by atoms with van der Waals surface area (Å²) in [6, 6.07) is 7.74. The first-order valence-electron chi connectivity index (χ1n) is 5.78. The number of amides is 1.